The maximum Gasteiger partial charge on any atom is 0.307 e. The van der Waals surface area contributed by atoms with Crippen molar-refractivity contribution in [2.75, 3.05) is 0 Å². The molecule has 2 N–H and O–H groups in total. The van der Waals surface area contributed by atoms with Gasteiger partial charge in [0.15, 0.2) is 0 Å². The van der Waals surface area contributed by atoms with Crippen LogP contribution >= 0.6 is 0 Å². The summed E-state index contributed by atoms with van der Waals surface area (Å²) < 4.78 is 1.67. The maximum atomic E-state index is 12.1. The fraction of sp³-hybridized carbons (Fsp3) is 0.615. The van der Waals surface area contributed by atoms with Gasteiger partial charge in [0.2, 0.25) is 5.91 Å². The zero-order valence-electron chi connectivity index (χ0n) is 11.0. The molecule has 1 heterocycles. The summed E-state index contributed by atoms with van der Waals surface area (Å²) in [6, 6.07) is 0. The Labute approximate surface area is 111 Å². The summed E-state index contributed by atoms with van der Waals surface area (Å²) in [5.41, 5.74) is 0.915. The normalized spacial score (nSPS) is 23.0. The topological polar surface area (TPSA) is 84.2 Å². The first-order valence-electron chi connectivity index (χ1n) is 6.56. The van der Waals surface area contributed by atoms with Gasteiger partial charge < -0.3 is 10.4 Å². The number of carbonyl (C=O) groups excluding carboxylic acids is 1. The van der Waals surface area contributed by atoms with Gasteiger partial charge in [0.1, 0.15) is 0 Å². The number of nitrogens with one attached hydrogen (secondary N) is 1. The third-order valence-electron chi connectivity index (χ3n) is 3.65. The average Bonchev–Trinajstić information content (AvgIpc) is 2.81. The van der Waals surface area contributed by atoms with E-state index in [-0.39, 0.29) is 5.91 Å². The molecule has 1 amide bonds. The monoisotopic (exact) mass is 265 g/mol. The molecule has 0 aliphatic heterocycles. The summed E-state index contributed by atoms with van der Waals surface area (Å²) in [4.78, 5) is 23.2. The Morgan fingerprint density at radius 3 is 2.68 bits per heavy atom. The van der Waals surface area contributed by atoms with Gasteiger partial charge in [-0.25, -0.2) is 0 Å². The molecule has 1 aromatic heterocycles. The van der Waals surface area contributed by atoms with E-state index in [4.69, 9.17) is 5.11 Å². The molecule has 1 aromatic rings. The zero-order chi connectivity index (χ0) is 13.8. The standard InChI is InChI=1S/C13H19N3O3/c1-16-8-9(7-15-16)6-14-12(17)10-4-2-3-5-11(10)13(18)19/h7-8,10-11H,2-6H2,1H3,(H,14,17)(H,18,19)/t10-,11-/m1/s1. The minimum absolute atomic E-state index is 0.157. The lowest BCUT2D eigenvalue weighted by molar-refractivity contribution is -0.148. The van der Waals surface area contributed by atoms with Gasteiger partial charge in [0, 0.05) is 25.4 Å². The van der Waals surface area contributed by atoms with Crippen LogP contribution in [-0.2, 0) is 23.2 Å². The number of aromatic nitrogens is 2. The molecular weight excluding hydrogens is 246 g/mol. The van der Waals surface area contributed by atoms with Crippen LogP contribution in [0.4, 0.5) is 0 Å². The number of nitrogens with zero attached hydrogens (tertiary/aromatic N) is 2. The van der Waals surface area contributed by atoms with Gasteiger partial charge in [-0.3, -0.25) is 14.3 Å². The number of rotatable bonds is 4. The number of carboxylic acid groups (broad SMARTS) is 1. The maximum absolute atomic E-state index is 12.1. The molecule has 1 aliphatic rings. The first-order valence-corrected chi connectivity index (χ1v) is 6.56. The number of aliphatic carboxylic acids is 1. The third kappa shape index (κ3) is 3.33. The highest BCUT2D eigenvalue weighted by atomic mass is 16.4. The lowest BCUT2D eigenvalue weighted by atomic mass is 9.78. The Kier molecular flexibility index (Phi) is 4.19. The molecule has 1 fully saturated rings. The van der Waals surface area contributed by atoms with E-state index in [0.717, 1.165) is 18.4 Å². The fourth-order valence-corrected chi connectivity index (χ4v) is 2.62. The Morgan fingerprint density at radius 2 is 2.11 bits per heavy atom. The summed E-state index contributed by atoms with van der Waals surface area (Å²) in [5.74, 6) is -1.96. The molecule has 6 heteroatoms. The van der Waals surface area contributed by atoms with E-state index in [2.05, 4.69) is 10.4 Å². The van der Waals surface area contributed by atoms with E-state index in [1.54, 1.807) is 10.9 Å². The summed E-state index contributed by atoms with van der Waals surface area (Å²) in [7, 11) is 1.81. The van der Waals surface area contributed by atoms with E-state index < -0.39 is 17.8 Å². The van der Waals surface area contributed by atoms with Crippen LogP contribution in [0.25, 0.3) is 0 Å². The van der Waals surface area contributed by atoms with Crippen LogP contribution in [0.5, 0.6) is 0 Å². The minimum atomic E-state index is -0.860. The van der Waals surface area contributed by atoms with E-state index in [9.17, 15) is 9.59 Å². The van der Waals surface area contributed by atoms with Crippen molar-refractivity contribution in [1.82, 2.24) is 15.1 Å². The van der Waals surface area contributed by atoms with Crippen molar-refractivity contribution in [3.63, 3.8) is 0 Å². The summed E-state index contributed by atoms with van der Waals surface area (Å²) >= 11 is 0. The smallest absolute Gasteiger partial charge is 0.307 e. The number of amides is 1. The first-order chi connectivity index (χ1) is 9.08. The van der Waals surface area contributed by atoms with Crippen molar-refractivity contribution in [2.45, 2.75) is 32.2 Å². The number of carbonyl (C=O) groups is 2. The molecule has 0 aromatic carbocycles. The summed E-state index contributed by atoms with van der Waals surface area (Å²) in [6.07, 6.45) is 6.60. The van der Waals surface area contributed by atoms with Gasteiger partial charge in [-0.05, 0) is 12.8 Å². The van der Waals surface area contributed by atoms with Crippen LogP contribution in [0.15, 0.2) is 12.4 Å². The molecule has 2 rings (SSSR count). The predicted octanol–water partition coefficient (Wildman–Crippen LogP) is 0.927. The Morgan fingerprint density at radius 1 is 1.42 bits per heavy atom. The summed E-state index contributed by atoms with van der Waals surface area (Å²) in [6.45, 7) is 0.398. The van der Waals surface area contributed by atoms with Crippen LogP contribution < -0.4 is 5.32 Å². The molecule has 0 radical (unpaired) electrons. The third-order valence-corrected chi connectivity index (χ3v) is 3.65. The highest BCUT2D eigenvalue weighted by Gasteiger charge is 2.35. The second kappa shape index (κ2) is 5.86. The van der Waals surface area contributed by atoms with E-state index in [1.807, 2.05) is 13.2 Å². The van der Waals surface area contributed by atoms with Crippen LogP contribution in [0.3, 0.4) is 0 Å². The Bertz CT molecular complexity index is 469. The summed E-state index contributed by atoms with van der Waals surface area (Å²) in [5, 5.41) is 16.0. The van der Waals surface area contributed by atoms with Crippen molar-refractivity contribution in [3.8, 4) is 0 Å². The molecule has 1 saturated carbocycles. The number of carboxylic acids is 1. The van der Waals surface area contributed by atoms with Crippen LogP contribution in [0.1, 0.15) is 31.2 Å². The van der Waals surface area contributed by atoms with E-state index >= 15 is 0 Å². The molecule has 0 spiro atoms. The highest BCUT2D eigenvalue weighted by molar-refractivity contribution is 5.84. The van der Waals surface area contributed by atoms with Crippen LogP contribution in [0.2, 0.25) is 0 Å². The van der Waals surface area contributed by atoms with Crippen LogP contribution in [0, 0.1) is 11.8 Å². The SMILES string of the molecule is Cn1cc(CNC(=O)[C@@H]2CCCC[C@H]2C(=O)O)cn1. The second-order valence-corrected chi connectivity index (χ2v) is 5.08. The van der Waals surface area contributed by atoms with Crippen molar-refractivity contribution in [2.24, 2.45) is 18.9 Å². The molecule has 0 bridgehead atoms. The second-order valence-electron chi connectivity index (χ2n) is 5.08. The minimum Gasteiger partial charge on any atom is -0.481 e. The van der Waals surface area contributed by atoms with Crippen molar-refractivity contribution >= 4 is 11.9 Å². The highest BCUT2D eigenvalue weighted by Crippen LogP contribution is 2.30. The quantitative estimate of drug-likeness (QED) is 0.848. The van der Waals surface area contributed by atoms with Gasteiger partial charge in [-0.2, -0.15) is 5.10 Å². The molecule has 6 nitrogen and oxygen atoms in total. The van der Waals surface area contributed by atoms with E-state index in [0.29, 0.717) is 19.4 Å². The molecule has 1 aliphatic carbocycles. The van der Waals surface area contributed by atoms with E-state index in [1.165, 1.54) is 0 Å². The van der Waals surface area contributed by atoms with Gasteiger partial charge >= 0.3 is 5.97 Å². The van der Waals surface area contributed by atoms with Gasteiger partial charge in [-0.1, -0.05) is 12.8 Å². The van der Waals surface area contributed by atoms with Crippen molar-refractivity contribution in [1.29, 1.82) is 0 Å². The lowest BCUT2D eigenvalue weighted by Gasteiger charge is -2.27. The van der Waals surface area contributed by atoms with Gasteiger partial charge in [-0.15, -0.1) is 0 Å². The molecule has 2 atom stereocenters. The Hall–Kier alpha value is -1.85. The van der Waals surface area contributed by atoms with Crippen molar-refractivity contribution < 1.29 is 14.7 Å². The molecule has 0 unspecified atom stereocenters. The molecule has 19 heavy (non-hydrogen) atoms. The molecular formula is C13H19N3O3. The Balaban J connectivity index is 1.92. The van der Waals surface area contributed by atoms with Crippen molar-refractivity contribution in [3.05, 3.63) is 18.0 Å². The number of hydrogen-bond donors (Lipinski definition) is 2. The molecule has 0 saturated heterocycles. The van der Waals surface area contributed by atoms with Gasteiger partial charge in [0.05, 0.1) is 18.0 Å². The number of hydrogen-bond acceptors (Lipinski definition) is 3. The predicted molar refractivity (Wildman–Crippen MR) is 68.1 cm³/mol. The largest absolute Gasteiger partial charge is 0.481 e. The zero-order valence-corrected chi connectivity index (χ0v) is 11.0. The van der Waals surface area contributed by atoms with Crippen LogP contribution in [-0.4, -0.2) is 26.8 Å². The lowest BCUT2D eigenvalue weighted by Crippen LogP contribution is -2.39. The van der Waals surface area contributed by atoms with Gasteiger partial charge in [0.25, 0.3) is 0 Å². The first kappa shape index (κ1) is 13.6. The fourth-order valence-electron chi connectivity index (χ4n) is 2.62. The number of aryl methyl sites for hydroxylation is 1. The average molecular weight is 265 g/mol. The molecule has 104 valence electrons.